The molecule has 1 amide bonds. The number of anilines is 1. The molecule has 2 fully saturated rings. The first-order valence-electron chi connectivity index (χ1n) is 10.8. The summed E-state index contributed by atoms with van der Waals surface area (Å²) in [6.45, 7) is 8.39. The quantitative estimate of drug-likeness (QED) is 0.671. The highest BCUT2D eigenvalue weighted by Gasteiger charge is 2.22. The van der Waals surface area contributed by atoms with Crippen molar-refractivity contribution in [2.45, 2.75) is 25.4 Å². The van der Waals surface area contributed by atoms with E-state index >= 15 is 0 Å². The van der Waals surface area contributed by atoms with Crippen LogP contribution in [0.4, 0.5) is 5.13 Å². The fourth-order valence-corrected chi connectivity index (χ4v) is 4.69. The van der Waals surface area contributed by atoms with Gasteiger partial charge in [-0.25, -0.2) is 4.98 Å². The molecule has 0 radical (unpaired) electrons. The van der Waals surface area contributed by atoms with Crippen LogP contribution < -0.4 is 10.6 Å². The van der Waals surface area contributed by atoms with Crippen LogP contribution in [0.3, 0.4) is 0 Å². The first-order valence-corrected chi connectivity index (χ1v) is 11.6. The first-order chi connectivity index (χ1) is 14.8. The van der Waals surface area contributed by atoms with E-state index in [2.05, 4.69) is 55.7 Å². The number of rotatable bonds is 8. The molecule has 0 unspecified atom stereocenters. The molecule has 0 aliphatic carbocycles. The van der Waals surface area contributed by atoms with Crippen LogP contribution in [0.1, 0.15) is 28.1 Å². The molecule has 2 aliphatic heterocycles. The monoisotopic (exact) mass is 429 g/mol. The van der Waals surface area contributed by atoms with Crippen molar-refractivity contribution in [2.75, 3.05) is 57.8 Å². The molecule has 0 atom stereocenters. The fourth-order valence-electron chi connectivity index (χ4n) is 3.94. The van der Waals surface area contributed by atoms with Gasteiger partial charge in [0, 0.05) is 51.9 Å². The lowest BCUT2D eigenvalue weighted by atomic mass is 10.0. The lowest BCUT2D eigenvalue weighted by Gasteiger charge is -2.32. The summed E-state index contributed by atoms with van der Waals surface area (Å²) in [6, 6.07) is 10.8. The van der Waals surface area contributed by atoms with Crippen molar-refractivity contribution in [1.29, 1.82) is 0 Å². The Morgan fingerprint density at radius 2 is 1.87 bits per heavy atom. The molecule has 0 bridgehead atoms. The van der Waals surface area contributed by atoms with Gasteiger partial charge < -0.3 is 15.4 Å². The molecule has 7 nitrogen and oxygen atoms in total. The van der Waals surface area contributed by atoms with E-state index in [9.17, 15) is 4.79 Å². The molecule has 8 heteroatoms. The molecular weight excluding hydrogens is 398 g/mol. The highest BCUT2D eigenvalue weighted by Crippen LogP contribution is 2.19. The Labute approximate surface area is 182 Å². The Hall–Kier alpha value is -2.00. The molecule has 0 saturated carbocycles. The minimum atomic E-state index is -0.00441. The number of benzene rings is 1. The number of amides is 1. The van der Waals surface area contributed by atoms with E-state index in [4.69, 9.17) is 4.74 Å². The Balaban J connectivity index is 1.16. The second kappa shape index (κ2) is 10.9. The van der Waals surface area contributed by atoms with Gasteiger partial charge in [-0.3, -0.25) is 14.6 Å². The second-order valence-corrected chi connectivity index (χ2v) is 8.95. The number of ether oxygens (including phenoxy) is 1. The van der Waals surface area contributed by atoms with Crippen LogP contribution in [0, 0.1) is 0 Å². The van der Waals surface area contributed by atoms with E-state index in [1.165, 1.54) is 16.9 Å². The van der Waals surface area contributed by atoms with Crippen LogP contribution in [0.25, 0.3) is 0 Å². The molecule has 2 N–H and O–H groups in total. The number of carbonyl (C=O) groups excluding carboxylic acids is 1. The third kappa shape index (κ3) is 6.25. The van der Waals surface area contributed by atoms with Crippen molar-refractivity contribution in [3.05, 3.63) is 47.0 Å². The predicted octanol–water partition coefficient (Wildman–Crippen LogP) is 2.28. The number of aromatic nitrogens is 1. The summed E-state index contributed by atoms with van der Waals surface area (Å²) in [6.07, 6.45) is 3.66. The van der Waals surface area contributed by atoms with Crippen LogP contribution in [0.15, 0.2) is 36.5 Å². The molecule has 162 valence electrons. The van der Waals surface area contributed by atoms with E-state index in [1.807, 2.05) is 0 Å². The SMILES string of the molecule is O=C(NC1CCN(Cc2ccccc2)CC1)c1cnc(NCCN2CCOCC2)s1. The van der Waals surface area contributed by atoms with E-state index < -0.39 is 0 Å². The van der Waals surface area contributed by atoms with Crippen molar-refractivity contribution < 1.29 is 9.53 Å². The summed E-state index contributed by atoms with van der Waals surface area (Å²) in [5, 5.41) is 7.34. The maximum absolute atomic E-state index is 12.6. The minimum absolute atomic E-state index is 0.00441. The summed E-state index contributed by atoms with van der Waals surface area (Å²) >= 11 is 1.43. The zero-order chi connectivity index (χ0) is 20.6. The lowest BCUT2D eigenvalue weighted by molar-refractivity contribution is 0.0398. The maximum Gasteiger partial charge on any atom is 0.263 e. The van der Waals surface area contributed by atoms with Gasteiger partial charge in [-0.15, -0.1) is 0 Å². The van der Waals surface area contributed by atoms with Crippen LogP contribution in [0.2, 0.25) is 0 Å². The summed E-state index contributed by atoms with van der Waals surface area (Å²) in [4.78, 5) is 22.5. The second-order valence-electron chi connectivity index (χ2n) is 7.92. The Morgan fingerprint density at radius 1 is 1.10 bits per heavy atom. The third-order valence-electron chi connectivity index (χ3n) is 5.71. The molecule has 1 aromatic heterocycles. The number of carbonyl (C=O) groups is 1. The van der Waals surface area contributed by atoms with Crippen LogP contribution in [0.5, 0.6) is 0 Å². The zero-order valence-corrected chi connectivity index (χ0v) is 18.2. The molecule has 30 heavy (non-hydrogen) atoms. The topological polar surface area (TPSA) is 69.7 Å². The third-order valence-corrected chi connectivity index (χ3v) is 6.66. The van der Waals surface area contributed by atoms with Gasteiger partial charge in [-0.2, -0.15) is 0 Å². The zero-order valence-electron chi connectivity index (χ0n) is 17.4. The largest absolute Gasteiger partial charge is 0.379 e. The first kappa shape index (κ1) is 21.2. The summed E-state index contributed by atoms with van der Waals surface area (Å²) < 4.78 is 5.37. The van der Waals surface area contributed by atoms with E-state index in [0.29, 0.717) is 4.88 Å². The van der Waals surface area contributed by atoms with Gasteiger partial charge in [0.05, 0.1) is 19.4 Å². The van der Waals surface area contributed by atoms with Crippen molar-refractivity contribution in [3.8, 4) is 0 Å². The number of nitrogens with one attached hydrogen (secondary N) is 2. The molecule has 0 spiro atoms. The maximum atomic E-state index is 12.6. The Bertz CT molecular complexity index is 786. The van der Waals surface area contributed by atoms with Crippen LogP contribution >= 0.6 is 11.3 Å². The molecule has 2 aliphatic rings. The van der Waals surface area contributed by atoms with Crippen molar-refractivity contribution in [3.63, 3.8) is 0 Å². The standard InChI is InChI=1S/C22H31N5O2S/c28-21(20-16-24-22(30-20)23-8-11-26-12-14-29-15-13-26)25-19-6-9-27(10-7-19)17-18-4-2-1-3-5-18/h1-5,16,19H,6-15,17H2,(H,23,24)(H,25,28). The number of nitrogens with zero attached hydrogens (tertiary/aromatic N) is 3. The van der Waals surface area contributed by atoms with Gasteiger partial charge in [0.15, 0.2) is 5.13 Å². The summed E-state index contributed by atoms with van der Waals surface area (Å²) in [5.74, 6) is -0.00441. The molecular formula is C22H31N5O2S. The van der Waals surface area contributed by atoms with E-state index in [0.717, 1.165) is 77.0 Å². The van der Waals surface area contributed by atoms with Gasteiger partial charge in [-0.1, -0.05) is 41.7 Å². The van der Waals surface area contributed by atoms with Crippen molar-refractivity contribution in [1.82, 2.24) is 20.1 Å². The average Bonchev–Trinajstić information content (AvgIpc) is 3.26. The lowest BCUT2D eigenvalue weighted by Crippen LogP contribution is -2.44. The highest BCUT2D eigenvalue weighted by molar-refractivity contribution is 7.17. The van der Waals surface area contributed by atoms with Crippen LogP contribution in [-0.2, 0) is 11.3 Å². The minimum Gasteiger partial charge on any atom is -0.379 e. The predicted molar refractivity (Wildman–Crippen MR) is 120 cm³/mol. The number of morpholine rings is 1. The molecule has 1 aromatic carbocycles. The van der Waals surface area contributed by atoms with Gasteiger partial charge >= 0.3 is 0 Å². The smallest absolute Gasteiger partial charge is 0.263 e. The van der Waals surface area contributed by atoms with Gasteiger partial charge in [0.2, 0.25) is 0 Å². The van der Waals surface area contributed by atoms with Crippen molar-refractivity contribution in [2.24, 2.45) is 0 Å². The molecule has 2 saturated heterocycles. The Kier molecular flexibility index (Phi) is 7.69. The van der Waals surface area contributed by atoms with Gasteiger partial charge in [0.1, 0.15) is 4.88 Å². The number of likely N-dealkylation sites (tertiary alicyclic amines) is 1. The number of thiazole rings is 1. The number of hydrogen-bond donors (Lipinski definition) is 2. The van der Waals surface area contributed by atoms with Gasteiger partial charge in [-0.05, 0) is 18.4 Å². The normalized spacial score (nSPS) is 18.9. The summed E-state index contributed by atoms with van der Waals surface area (Å²) in [5.41, 5.74) is 1.35. The number of hydrogen-bond acceptors (Lipinski definition) is 7. The van der Waals surface area contributed by atoms with E-state index in [-0.39, 0.29) is 11.9 Å². The summed E-state index contributed by atoms with van der Waals surface area (Å²) in [7, 11) is 0. The van der Waals surface area contributed by atoms with Gasteiger partial charge in [0.25, 0.3) is 5.91 Å². The molecule has 3 heterocycles. The Morgan fingerprint density at radius 3 is 2.63 bits per heavy atom. The average molecular weight is 430 g/mol. The molecule has 4 rings (SSSR count). The number of piperidine rings is 1. The highest BCUT2D eigenvalue weighted by atomic mass is 32.1. The van der Waals surface area contributed by atoms with Crippen molar-refractivity contribution >= 4 is 22.4 Å². The van der Waals surface area contributed by atoms with Crippen LogP contribution in [-0.4, -0.2) is 79.2 Å². The fraction of sp³-hybridized carbons (Fsp3) is 0.545. The van der Waals surface area contributed by atoms with E-state index in [1.54, 1.807) is 6.20 Å². The molecule has 2 aromatic rings.